The summed E-state index contributed by atoms with van der Waals surface area (Å²) in [7, 11) is 0. The molecule has 2 aliphatic rings. The summed E-state index contributed by atoms with van der Waals surface area (Å²) >= 11 is 0. The van der Waals surface area contributed by atoms with Gasteiger partial charge in [-0.15, -0.1) is 0 Å². The summed E-state index contributed by atoms with van der Waals surface area (Å²) in [5.74, 6) is -1.61. The molecule has 4 rings (SSSR count). The zero-order valence-electron chi connectivity index (χ0n) is 17.4. The molecule has 0 unspecified atom stereocenters. The van der Waals surface area contributed by atoms with Crippen LogP contribution in [0.1, 0.15) is 49.7 Å². The number of hydrogen-bond acceptors (Lipinski definition) is 4. The molecular weight excluding hydrogens is 396 g/mol. The summed E-state index contributed by atoms with van der Waals surface area (Å²) < 4.78 is 5.49. The van der Waals surface area contributed by atoms with Crippen molar-refractivity contribution in [2.75, 3.05) is 6.61 Å². The number of hydrogen-bond donors (Lipinski definition) is 3. The molecule has 31 heavy (non-hydrogen) atoms. The molecule has 2 amide bonds. The number of ether oxygens (including phenoxy) is 1. The lowest BCUT2D eigenvalue weighted by Gasteiger charge is -2.39. The zero-order chi connectivity index (χ0) is 22.0. The van der Waals surface area contributed by atoms with Gasteiger partial charge in [0.2, 0.25) is 5.91 Å². The van der Waals surface area contributed by atoms with E-state index in [1.807, 2.05) is 36.4 Å². The van der Waals surface area contributed by atoms with Crippen molar-refractivity contribution in [3.63, 3.8) is 0 Å². The molecule has 0 radical (unpaired) electrons. The summed E-state index contributed by atoms with van der Waals surface area (Å²) in [6.45, 7) is 1.90. The Labute approximate surface area is 180 Å². The van der Waals surface area contributed by atoms with Gasteiger partial charge in [-0.25, -0.2) is 9.59 Å². The smallest absolute Gasteiger partial charge is 0.407 e. The zero-order valence-corrected chi connectivity index (χ0v) is 17.4. The Kier molecular flexibility index (Phi) is 5.67. The van der Waals surface area contributed by atoms with Crippen molar-refractivity contribution in [3.05, 3.63) is 59.7 Å². The van der Waals surface area contributed by atoms with Gasteiger partial charge in [0, 0.05) is 5.92 Å². The standard InChI is InChI=1S/C24H26N2O5/c1-2-20(21(27)26-24(22(28)29)12-7-13-24)25-23(30)31-14-19-17-10-5-3-8-15(17)16-9-4-6-11-18(16)19/h3-6,8-11,19-20H,2,7,12-14H2,1H3,(H,25,30)(H,26,27)(H,28,29)/t20-/m1/s1. The molecule has 7 nitrogen and oxygen atoms in total. The predicted molar refractivity (Wildman–Crippen MR) is 115 cm³/mol. The number of alkyl carbamates (subject to hydrolysis) is 1. The third-order valence-corrected chi connectivity index (χ3v) is 6.34. The van der Waals surface area contributed by atoms with Gasteiger partial charge in [0.05, 0.1) is 0 Å². The molecule has 1 atom stereocenters. The lowest BCUT2D eigenvalue weighted by atomic mass is 9.76. The third kappa shape index (κ3) is 3.87. The fraction of sp³-hybridized carbons (Fsp3) is 0.375. The summed E-state index contributed by atoms with van der Waals surface area (Å²) in [6.07, 6.45) is 1.18. The lowest BCUT2D eigenvalue weighted by Crippen LogP contribution is -2.62. The van der Waals surface area contributed by atoms with Crippen LogP contribution in [0.15, 0.2) is 48.5 Å². The highest BCUT2D eigenvalue weighted by Crippen LogP contribution is 2.44. The van der Waals surface area contributed by atoms with E-state index in [4.69, 9.17) is 4.74 Å². The highest BCUT2D eigenvalue weighted by molar-refractivity contribution is 5.91. The number of rotatable bonds is 7. The van der Waals surface area contributed by atoms with Gasteiger partial charge in [0.25, 0.3) is 0 Å². The summed E-state index contributed by atoms with van der Waals surface area (Å²) in [6, 6.07) is 15.2. The van der Waals surface area contributed by atoms with Crippen LogP contribution in [-0.2, 0) is 14.3 Å². The monoisotopic (exact) mass is 422 g/mol. The molecule has 0 heterocycles. The minimum absolute atomic E-state index is 0.0719. The maximum absolute atomic E-state index is 12.6. The number of carbonyl (C=O) groups excluding carboxylic acids is 2. The Bertz CT molecular complexity index is 969. The largest absolute Gasteiger partial charge is 0.480 e. The van der Waals surface area contributed by atoms with Crippen LogP contribution < -0.4 is 10.6 Å². The summed E-state index contributed by atoms with van der Waals surface area (Å²) in [4.78, 5) is 36.5. The second-order valence-corrected chi connectivity index (χ2v) is 8.16. The molecule has 0 bridgehead atoms. The highest BCUT2D eigenvalue weighted by atomic mass is 16.5. The van der Waals surface area contributed by atoms with Crippen LogP contribution in [0, 0.1) is 0 Å². The Hall–Kier alpha value is -3.35. The van der Waals surface area contributed by atoms with Crippen molar-refractivity contribution in [2.24, 2.45) is 0 Å². The van der Waals surface area contributed by atoms with E-state index >= 15 is 0 Å². The molecule has 7 heteroatoms. The van der Waals surface area contributed by atoms with Crippen molar-refractivity contribution in [1.29, 1.82) is 0 Å². The van der Waals surface area contributed by atoms with Crippen LogP contribution in [0.5, 0.6) is 0 Å². The maximum Gasteiger partial charge on any atom is 0.407 e. The molecular formula is C24H26N2O5. The Morgan fingerprint density at radius 3 is 2.13 bits per heavy atom. The summed E-state index contributed by atoms with van der Waals surface area (Å²) in [5, 5.41) is 14.6. The van der Waals surface area contributed by atoms with Crippen LogP contribution in [0.4, 0.5) is 4.79 Å². The van der Waals surface area contributed by atoms with E-state index in [2.05, 4.69) is 22.8 Å². The fourth-order valence-corrected chi connectivity index (χ4v) is 4.38. The molecule has 0 saturated heterocycles. The van der Waals surface area contributed by atoms with Crippen molar-refractivity contribution >= 4 is 18.0 Å². The molecule has 2 aromatic carbocycles. The maximum atomic E-state index is 12.6. The van der Waals surface area contributed by atoms with E-state index in [1.165, 1.54) is 0 Å². The average Bonchev–Trinajstić information content (AvgIpc) is 3.06. The van der Waals surface area contributed by atoms with Gasteiger partial charge in [0.1, 0.15) is 18.2 Å². The van der Waals surface area contributed by atoms with E-state index in [-0.39, 0.29) is 12.5 Å². The van der Waals surface area contributed by atoms with Crippen molar-refractivity contribution in [3.8, 4) is 11.1 Å². The molecule has 1 fully saturated rings. The number of aliphatic carboxylic acids is 1. The van der Waals surface area contributed by atoms with Gasteiger partial charge in [-0.05, 0) is 47.9 Å². The van der Waals surface area contributed by atoms with Crippen LogP contribution in [0.25, 0.3) is 11.1 Å². The minimum Gasteiger partial charge on any atom is -0.480 e. The van der Waals surface area contributed by atoms with Crippen molar-refractivity contribution < 1.29 is 24.2 Å². The molecule has 162 valence electrons. The van der Waals surface area contributed by atoms with Gasteiger partial charge in [0.15, 0.2) is 0 Å². The second-order valence-electron chi connectivity index (χ2n) is 8.16. The van der Waals surface area contributed by atoms with Gasteiger partial charge in [-0.1, -0.05) is 55.5 Å². The average molecular weight is 422 g/mol. The first-order chi connectivity index (χ1) is 14.9. The first-order valence-electron chi connectivity index (χ1n) is 10.6. The minimum atomic E-state index is -1.21. The number of carboxylic acid groups (broad SMARTS) is 1. The van der Waals surface area contributed by atoms with E-state index in [0.717, 1.165) is 28.7 Å². The number of amides is 2. The van der Waals surface area contributed by atoms with E-state index < -0.39 is 29.6 Å². The first kappa shape index (κ1) is 20.9. The van der Waals surface area contributed by atoms with Gasteiger partial charge < -0.3 is 20.5 Å². The highest BCUT2D eigenvalue weighted by Gasteiger charge is 2.46. The molecule has 2 aliphatic carbocycles. The van der Waals surface area contributed by atoms with E-state index in [1.54, 1.807) is 6.92 Å². The van der Waals surface area contributed by atoms with Gasteiger partial charge in [-0.2, -0.15) is 0 Å². The molecule has 0 aromatic heterocycles. The van der Waals surface area contributed by atoms with Crippen LogP contribution >= 0.6 is 0 Å². The fourth-order valence-electron chi connectivity index (χ4n) is 4.38. The topological polar surface area (TPSA) is 105 Å². The van der Waals surface area contributed by atoms with E-state index in [0.29, 0.717) is 19.3 Å². The van der Waals surface area contributed by atoms with Crippen molar-refractivity contribution in [2.45, 2.75) is 50.1 Å². The molecule has 3 N–H and O–H groups in total. The van der Waals surface area contributed by atoms with Crippen LogP contribution in [0.3, 0.4) is 0 Å². The van der Waals surface area contributed by atoms with Gasteiger partial charge >= 0.3 is 12.1 Å². The van der Waals surface area contributed by atoms with Crippen LogP contribution in [0.2, 0.25) is 0 Å². The van der Waals surface area contributed by atoms with Gasteiger partial charge in [-0.3, -0.25) is 4.79 Å². The predicted octanol–water partition coefficient (Wildman–Crippen LogP) is 3.43. The van der Waals surface area contributed by atoms with Crippen molar-refractivity contribution in [1.82, 2.24) is 10.6 Å². The quantitative estimate of drug-likeness (QED) is 0.634. The third-order valence-electron chi connectivity index (χ3n) is 6.34. The number of carbonyl (C=O) groups is 3. The SMILES string of the molecule is CC[C@@H](NC(=O)OCC1c2ccccc2-c2ccccc21)C(=O)NC1(C(=O)O)CCC1. The molecule has 0 aliphatic heterocycles. The Morgan fingerprint density at radius 1 is 1.06 bits per heavy atom. The normalized spacial score (nSPS) is 16.9. The van der Waals surface area contributed by atoms with Crippen LogP contribution in [-0.4, -0.2) is 41.3 Å². The Balaban J connectivity index is 1.39. The van der Waals surface area contributed by atoms with E-state index in [9.17, 15) is 19.5 Å². The number of nitrogens with one attached hydrogen (secondary N) is 2. The number of carboxylic acids is 1. The first-order valence-corrected chi connectivity index (χ1v) is 10.6. The number of benzene rings is 2. The summed E-state index contributed by atoms with van der Waals surface area (Å²) in [5.41, 5.74) is 3.27. The molecule has 1 saturated carbocycles. The molecule has 2 aromatic rings. The number of fused-ring (bicyclic) bond motifs is 3. The lowest BCUT2D eigenvalue weighted by molar-refractivity contribution is -0.152. The molecule has 0 spiro atoms. The second kappa shape index (κ2) is 8.41. The Morgan fingerprint density at radius 2 is 1.65 bits per heavy atom.